The van der Waals surface area contributed by atoms with Gasteiger partial charge < -0.3 is 33.8 Å². The molecule has 19 heteroatoms. The van der Waals surface area contributed by atoms with Crippen molar-refractivity contribution in [1.29, 1.82) is 0 Å². The standard InChI is InChI=1S/C81H158O17P2/c1-9-73(7)59-51-43-35-26-19-17-15-13-11-12-14-16-18-20-29-39-47-55-63-80(85)97-76(67-91-78(83)61-53-45-37-28-23-21-25-33-41-49-57-71(3)4)69-95-99(87,88)93-65-75(82)66-94-100(89,90)96-70-77(68-92-79(84)62-54-46-38-32-31-34-42-50-58-72(5)6)98-81(86)64-56-48-40-30-24-22-27-36-44-52-60-74(8)10-2/h71-77,82H,9-70H2,1-8H3,(H,87,88)(H,89,90)/t73?,74?,75?,76-,77-/m1/s1. The summed E-state index contributed by atoms with van der Waals surface area (Å²) in [5, 5.41) is 10.6. The van der Waals surface area contributed by atoms with Crippen LogP contribution >= 0.6 is 15.6 Å². The van der Waals surface area contributed by atoms with Gasteiger partial charge in [0.25, 0.3) is 0 Å². The van der Waals surface area contributed by atoms with E-state index in [1.807, 2.05) is 0 Å². The van der Waals surface area contributed by atoms with Gasteiger partial charge in [-0.2, -0.15) is 0 Å². The molecule has 5 unspecified atom stereocenters. The number of unbranched alkanes of at least 4 members (excludes halogenated alkanes) is 42. The fourth-order valence-corrected chi connectivity index (χ4v) is 13.9. The first-order valence-electron chi connectivity index (χ1n) is 41.8. The first-order valence-corrected chi connectivity index (χ1v) is 44.8. The average molecular weight is 1470 g/mol. The van der Waals surface area contributed by atoms with E-state index in [4.69, 9.17) is 37.0 Å². The van der Waals surface area contributed by atoms with Crippen LogP contribution < -0.4 is 0 Å². The van der Waals surface area contributed by atoms with Gasteiger partial charge in [0.15, 0.2) is 12.2 Å². The lowest BCUT2D eigenvalue weighted by Gasteiger charge is -2.21. The number of aliphatic hydroxyl groups is 1. The van der Waals surface area contributed by atoms with Crippen molar-refractivity contribution in [2.75, 3.05) is 39.6 Å². The molecule has 0 bridgehead atoms. The minimum absolute atomic E-state index is 0.105. The molecule has 0 aromatic rings. The molecule has 0 fully saturated rings. The summed E-state index contributed by atoms with van der Waals surface area (Å²) in [7, 11) is -9.92. The minimum atomic E-state index is -4.96. The highest BCUT2D eigenvalue weighted by atomic mass is 31.2. The van der Waals surface area contributed by atoms with Crippen molar-refractivity contribution in [1.82, 2.24) is 0 Å². The van der Waals surface area contributed by atoms with Crippen molar-refractivity contribution in [3.05, 3.63) is 0 Å². The Morgan fingerprint density at radius 1 is 0.280 bits per heavy atom. The molecule has 0 heterocycles. The van der Waals surface area contributed by atoms with Crippen molar-refractivity contribution >= 4 is 39.5 Å². The van der Waals surface area contributed by atoms with Crippen LogP contribution in [0.5, 0.6) is 0 Å². The summed E-state index contributed by atoms with van der Waals surface area (Å²) in [6, 6.07) is 0. The molecule has 7 atom stereocenters. The molecule has 0 aromatic heterocycles. The van der Waals surface area contributed by atoms with E-state index in [-0.39, 0.29) is 25.7 Å². The molecule has 0 saturated heterocycles. The Morgan fingerprint density at radius 2 is 0.480 bits per heavy atom. The van der Waals surface area contributed by atoms with Gasteiger partial charge in [0, 0.05) is 25.7 Å². The Hall–Kier alpha value is -1.94. The van der Waals surface area contributed by atoms with Gasteiger partial charge in [-0.3, -0.25) is 37.3 Å². The normalized spacial score (nSPS) is 14.6. The molecular weight excluding hydrogens is 1310 g/mol. The van der Waals surface area contributed by atoms with Gasteiger partial charge in [-0.05, 0) is 49.4 Å². The van der Waals surface area contributed by atoms with Gasteiger partial charge in [0.05, 0.1) is 26.4 Å². The van der Waals surface area contributed by atoms with Crippen LogP contribution in [-0.4, -0.2) is 96.7 Å². The van der Waals surface area contributed by atoms with Crippen molar-refractivity contribution in [2.45, 2.75) is 433 Å². The molecular formula is C81H158O17P2. The van der Waals surface area contributed by atoms with E-state index >= 15 is 0 Å². The number of carbonyl (C=O) groups excluding carboxylic acids is 4. The van der Waals surface area contributed by atoms with Crippen LogP contribution in [0, 0.1) is 23.7 Å². The van der Waals surface area contributed by atoms with E-state index in [9.17, 15) is 43.2 Å². The number of rotatable bonds is 78. The molecule has 0 spiro atoms. The van der Waals surface area contributed by atoms with Crippen LogP contribution in [0.15, 0.2) is 0 Å². The third-order valence-electron chi connectivity index (χ3n) is 19.5. The Labute approximate surface area is 613 Å². The largest absolute Gasteiger partial charge is 0.472 e. The molecule has 0 aliphatic rings. The predicted octanol–water partition coefficient (Wildman–Crippen LogP) is 24.0. The molecule has 17 nitrogen and oxygen atoms in total. The number of aliphatic hydroxyl groups excluding tert-OH is 1. The van der Waals surface area contributed by atoms with Crippen molar-refractivity contribution in [3.8, 4) is 0 Å². The molecule has 0 aromatic carbocycles. The van der Waals surface area contributed by atoms with Crippen LogP contribution in [0.25, 0.3) is 0 Å². The second kappa shape index (κ2) is 70.1. The van der Waals surface area contributed by atoms with Crippen LogP contribution in [0.3, 0.4) is 0 Å². The topological polar surface area (TPSA) is 237 Å². The average Bonchev–Trinajstić information content (AvgIpc) is 0.939. The van der Waals surface area contributed by atoms with E-state index < -0.39 is 97.5 Å². The summed E-state index contributed by atoms with van der Waals surface area (Å²) < 4.78 is 68.7. The Bertz CT molecular complexity index is 1960. The predicted molar refractivity (Wildman–Crippen MR) is 409 cm³/mol. The third kappa shape index (κ3) is 71.7. The van der Waals surface area contributed by atoms with Crippen molar-refractivity contribution < 1.29 is 80.2 Å². The molecule has 3 N–H and O–H groups in total. The van der Waals surface area contributed by atoms with Gasteiger partial charge in [-0.25, -0.2) is 9.13 Å². The van der Waals surface area contributed by atoms with E-state index in [2.05, 4.69) is 55.4 Å². The number of carbonyl (C=O) groups is 4. The molecule has 594 valence electrons. The highest BCUT2D eigenvalue weighted by molar-refractivity contribution is 7.47. The highest BCUT2D eigenvalue weighted by Crippen LogP contribution is 2.45. The number of esters is 4. The Balaban J connectivity index is 5.22. The van der Waals surface area contributed by atoms with Crippen LogP contribution in [0.4, 0.5) is 0 Å². The fourth-order valence-electron chi connectivity index (χ4n) is 12.4. The first-order chi connectivity index (χ1) is 48.2. The maximum absolute atomic E-state index is 13.1. The maximum atomic E-state index is 13.1. The quantitative estimate of drug-likeness (QED) is 0.0222. The number of hydrogen-bond donors (Lipinski definition) is 3. The lowest BCUT2D eigenvalue weighted by atomic mass is 9.99. The second-order valence-corrected chi connectivity index (χ2v) is 33.5. The summed E-state index contributed by atoms with van der Waals surface area (Å²) in [4.78, 5) is 73.0. The van der Waals surface area contributed by atoms with Gasteiger partial charge in [0.2, 0.25) is 0 Å². The monoisotopic (exact) mass is 1470 g/mol. The zero-order valence-corrected chi connectivity index (χ0v) is 67.6. The minimum Gasteiger partial charge on any atom is -0.462 e. The second-order valence-electron chi connectivity index (χ2n) is 30.6. The zero-order chi connectivity index (χ0) is 73.8. The van der Waals surface area contributed by atoms with Gasteiger partial charge in [-0.15, -0.1) is 0 Å². The molecule has 0 saturated carbocycles. The van der Waals surface area contributed by atoms with Gasteiger partial charge in [0.1, 0.15) is 19.3 Å². The SMILES string of the molecule is CCC(C)CCCCCCCCCCCCCCCCCCCCC(=O)O[C@H](COC(=O)CCCCCCCCCCCCC(C)C)COP(=O)(O)OCC(O)COP(=O)(O)OC[C@@H](COC(=O)CCCCCCCCCCC(C)C)OC(=O)CCCCCCCCCCCCC(C)CC. The highest BCUT2D eigenvalue weighted by Gasteiger charge is 2.30. The number of phosphoric ester groups is 2. The molecule has 0 amide bonds. The van der Waals surface area contributed by atoms with E-state index in [1.165, 1.54) is 218 Å². The molecule has 0 aliphatic carbocycles. The van der Waals surface area contributed by atoms with Crippen LogP contribution in [-0.2, 0) is 65.4 Å². The zero-order valence-electron chi connectivity index (χ0n) is 65.8. The Kier molecular flexibility index (Phi) is 68.7. The number of hydrogen-bond acceptors (Lipinski definition) is 15. The van der Waals surface area contributed by atoms with Crippen molar-refractivity contribution in [3.63, 3.8) is 0 Å². The lowest BCUT2D eigenvalue weighted by Crippen LogP contribution is -2.30. The fraction of sp³-hybridized carbons (Fsp3) is 0.951. The van der Waals surface area contributed by atoms with Gasteiger partial charge in [-0.1, -0.05) is 364 Å². The maximum Gasteiger partial charge on any atom is 0.472 e. The van der Waals surface area contributed by atoms with E-state index in [0.717, 1.165) is 114 Å². The summed E-state index contributed by atoms with van der Waals surface area (Å²) >= 11 is 0. The molecule has 100 heavy (non-hydrogen) atoms. The third-order valence-corrected chi connectivity index (χ3v) is 21.4. The smallest absolute Gasteiger partial charge is 0.462 e. The Morgan fingerprint density at radius 3 is 0.710 bits per heavy atom. The van der Waals surface area contributed by atoms with Gasteiger partial charge >= 0.3 is 39.5 Å². The van der Waals surface area contributed by atoms with Crippen molar-refractivity contribution in [2.24, 2.45) is 23.7 Å². The number of ether oxygens (including phenoxy) is 4. The molecule has 0 aliphatic heterocycles. The van der Waals surface area contributed by atoms with Crippen LogP contribution in [0.2, 0.25) is 0 Å². The first kappa shape index (κ1) is 98.1. The number of phosphoric acid groups is 2. The van der Waals surface area contributed by atoms with Crippen LogP contribution in [0.1, 0.15) is 415 Å². The summed E-state index contributed by atoms with van der Waals surface area (Å²) in [5.41, 5.74) is 0. The molecule has 0 rings (SSSR count). The molecule has 0 radical (unpaired) electrons. The summed E-state index contributed by atoms with van der Waals surface area (Å²) in [6.45, 7) is 14.3. The lowest BCUT2D eigenvalue weighted by molar-refractivity contribution is -0.161. The summed E-state index contributed by atoms with van der Waals surface area (Å²) in [6.07, 6.45) is 56.9. The summed E-state index contributed by atoms with van der Waals surface area (Å²) in [5.74, 6) is 1.04. The van der Waals surface area contributed by atoms with E-state index in [1.54, 1.807) is 0 Å². The van der Waals surface area contributed by atoms with E-state index in [0.29, 0.717) is 25.7 Å².